The fourth-order valence-corrected chi connectivity index (χ4v) is 2.89. The number of carbonyl (C=O) groups excluding carboxylic acids is 1. The van der Waals surface area contributed by atoms with Gasteiger partial charge in [-0.25, -0.2) is 0 Å². The van der Waals surface area contributed by atoms with E-state index in [0.717, 1.165) is 22.6 Å². The minimum absolute atomic E-state index is 0.203. The van der Waals surface area contributed by atoms with E-state index < -0.39 is 0 Å². The van der Waals surface area contributed by atoms with E-state index in [-0.39, 0.29) is 5.78 Å². The van der Waals surface area contributed by atoms with Gasteiger partial charge >= 0.3 is 0 Å². The van der Waals surface area contributed by atoms with E-state index in [9.17, 15) is 4.79 Å². The van der Waals surface area contributed by atoms with Crippen LogP contribution in [0.5, 0.6) is 11.5 Å². The highest BCUT2D eigenvalue weighted by Gasteiger charge is 2.07. The first-order valence-corrected chi connectivity index (χ1v) is 12.0. The van der Waals surface area contributed by atoms with E-state index in [1.165, 1.54) is 5.56 Å². The van der Waals surface area contributed by atoms with Gasteiger partial charge in [-0.3, -0.25) is 4.79 Å². The van der Waals surface area contributed by atoms with Crippen molar-refractivity contribution in [3.8, 4) is 11.5 Å². The maximum Gasteiger partial charge on any atom is 0.141 e. The van der Waals surface area contributed by atoms with Crippen molar-refractivity contribution >= 4 is 5.78 Å². The number of hydrogen-bond acceptors (Lipinski definition) is 2. The highest BCUT2D eigenvalue weighted by Crippen LogP contribution is 2.25. The van der Waals surface area contributed by atoms with Crippen LogP contribution in [0.2, 0.25) is 0 Å². The fourth-order valence-electron chi connectivity index (χ4n) is 2.89. The van der Waals surface area contributed by atoms with Gasteiger partial charge in [-0.05, 0) is 46.9 Å². The monoisotopic (exact) mass is 434 g/mol. The summed E-state index contributed by atoms with van der Waals surface area (Å²) < 4.78 is 5.94. The Bertz CT molecular complexity index is 850. The zero-order valence-corrected chi connectivity index (χ0v) is 21.3. The zero-order valence-electron chi connectivity index (χ0n) is 21.3. The summed E-state index contributed by atoms with van der Waals surface area (Å²) in [5.41, 5.74) is 3.31. The van der Waals surface area contributed by atoms with Crippen LogP contribution in [0.1, 0.15) is 78.0 Å². The van der Waals surface area contributed by atoms with Crippen molar-refractivity contribution in [1.29, 1.82) is 0 Å². The van der Waals surface area contributed by atoms with Crippen molar-refractivity contribution in [2.24, 2.45) is 0 Å². The maximum absolute atomic E-state index is 12.3. The van der Waals surface area contributed by atoms with Gasteiger partial charge in [0.05, 0.1) is 0 Å². The van der Waals surface area contributed by atoms with E-state index in [1.807, 2.05) is 108 Å². The molecular weight excluding hydrogens is 392 g/mol. The molecule has 0 saturated heterocycles. The average molecular weight is 435 g/mol. The van der Waals surface area contributed by atoms with E-state index >= 15 is 0 Å². The first kappa shape index (κ1) is 29.1. The molecule has 0 aliphatic rings. The Labute approximate surface area is 196 Å². The molecular formula is C30H42O2. The highest BCUT2D eigenvalue weighted by atomic mass is 16.5. The number of Topliss-reactive ketones (excluding diaryl/α,β-unsaturated/α-hetero) is 1. The summed E-state index contributed by atoms with van der Waals surface area (Å²) in [6, 6.07) is 25.8. The lowest BCUT2D eigenvalue weighted by atomic mass is 10.0. The molecule has 3 aromatic rings. The molecule has 2 nitrogen and oxygen atoms in total. The molecule has 2 heteroatoms. The standard InChI is InChI=1S/C24H24O2.3C2H6/c1-18(2)21-11-13-23(14-12-21)26-24-10-6-9-20(17-24)16-22(25)15-19-7-4-3-5-8-19;3*1-2/h3-14,17-18H,15-16H2,1-2H3;3*1-2H3. The fraction of sp³-hybridized carbons (Fsp3) is 0.367. The van der Waals surface area contributed by atoms with Gasteiger partial charge in [0.2, 0.25) is 0 Å². The quantitative estimate of drug-likeness (QED) is 0.371. The summed E-state index contributed by atoms with van der Waals surface area (Å²) in [7, 11) is 0. The normalized spacial score (nSPS) is 9.28. The summed E-state index contributed by atoms with van der Waals surface area (Å²) in [5.74, 6) is 2.27. The summed E-state index contributed by atoms with van der Waals surface area (Å²) in [6.07, 6.45) is 0.876. The number of ether oxygens (including phenoxy) is 1. The third-order valence-corrected chi connectivity index (χ3v) is 4.33. The molecule has 0 amide bonds. The van der Waals surface area contributed by atoms with E-state index in [4.69, 9.17) is 4.74 Å². The molecule has 0 aromatic heterocycles. The van der Waals surface area contributed by atoms with Crippen LogP contribution < -0.4 is 4.74 Å². The lowest BCUT2D eigenvalue weighted by Crippen LogP contribution is -2.06. The first-order valence-electron chi connectivity index (χ1n) is 12.0. The Kier molecular flexibility index (Phi) is 16.2. The molecule has 0 unspecified atom stereocenters. The lowest BCUT2D eigenvalue weighted by molar-refractivity contribution is -0.117. The predicted molar refractivity (Wildman–Crippen MR) is 140 cm³/mol. The molecule has 0 heterocycles. The molecule has 3 rings (SSSR count). The second-order valence-electron chi connectivity index (χ2n) is 6.85. The molecule has 32 heavy (non-hydrogen) atoms. The Morgan fingerprint density at radius 1 is 0.656 bits per heavy atom. The SMILES string of the molecule is CC.CC.CC.CC(C)c1ccc(Oc2cccc(CC(=O)Cc3ccccc3)c2)cc1. The Hall–Kier alpha value is -2.87. The third-order valence-electron chi connectivity index (χ3n) is 4.33. The van der Waals surface area contributed by atoms with Gasteiger partial charge in [-0.2, -0.15) is 0 Å². The zero-order chi connectivity index (χ0) is 24.4. The van der Waals surface area contributed by atoms with Crippen LogP contribution in [0, 0.1) is 0 Å². The summed E-state index contributed by atoms with van der Waals surface area (Å²) in [6.45, 7) is 16.3. The largest absolute Gasteiger partial charge is 0.457 e. The molecule has 0 radical (unpaired) electrons. The van der Waals surface area contributed by atoms with Gasteiger partial charge in [-0.15, -0.1) is 0 Å². The van der Waals surface area contributed by atoms with Gasteiger partial charge in [0.1, 0.15) is 17.3 Å². The van der Waals surface area contributed by atoms with Crippen LogP contribution in [0.3, 0.4) is 0 Å². The minimum Gasteiger partial charge on any atom is -0.457 e. The van der Waals surface area contributed by atoms with E-state index in [0.29, 0.717) is 18.8 Å². The van der Waals surface area contributed by atoms with Crippen LogP contribution in [-0.4, -0.2) is 5.78 Å². The smallest absolute Gasteiger partial charge is 0.141 e. The molecule has 3 aromatic carbocycles. The molecule has 0 aliphatic heterocycles. The summed E-state index contributed by atoms with van der Waals surface area (Å²) >= 11 is 0. The van der Waals surface area contributed by atoms with Gasteiger partial charge in [0.25, 0.3) is 0 Å². The first-order chi connectivity index (χ1) is 15.6. The Morgan fingerprint density at radius 3 is 1.75 bits per heavy atom. The molecule has 0 aliphatic carbocycles. The molecule has 0 bridgehead atoms. The maximum atomic E-state index is 12.3. The van der Waals surface area contributed by atoms with E-state index in [2.05, 4.69) is 26.0 Å². The van der Waals surface area contributed by atoms with Crippen molar-refractivity contribution < 1.29 is 9.53 Å². The Morgan fingerprint density at radius 2 is 1.19 bits per heavy atom. The molecule has 0 N–H and O–H groups in total. The van der Waals surface area contributed by atoms with Crippen molar-refractivity contribution in [2.45, 2.75) is 74.1 Å². The highest BCUT2D eigenvalue weighted by molar-refractivity contribution is 5.83. The second kappa shape index (κ2) is 17.8. The molecule has 0 atom stereocenters. The van der Waals surface area contributed by atoms with Gasteiger partial charge in [0.15, 0.2) is 0 Å². The van der Waals surface area contributed by atoms with Crippen molar-refractivity contribution in [3.63, 3.8) is 0 Å². The van der Waals surface area contributed by atoms with E-state index in [1.54, 1.807) is 0 Å². The molecule has 0 spiro atoms. The van der Waals surface area contributed by atoms with Crippen LogP contribution in [0.15, 0.2) is 78.9 Å². The summed E-state index contributed by atoms with van der Waals surface area (Å²) in [4.78, 5) is 12.3. The van der Waals surface area contributed by atoms with Crippen LogP contribution in [0.25, 0.3) is 0 Å². The Balaban J connectivity index is 0.00000148. The average Bonchev–Trinajstić information content (AvgIpc) is 2.84. The van der Waals surface area contributed by atoms with Crippen molar-refractivity contribution in [3.05, 3.63) is 95.6 Å². The number of benzene rings is 3. The van der Waals surface area contributed by atoms with Gasteiger partial charge in [0, 0.05) is 12.8 Å². The van der Waals surface area contributed by atoms with Crippen molar-refractivity contribution in [2.75, 3.05) is 0 Å². The van der Waals surface area contributed by atoms with Crippen LogP contribution in [0.4, 0.5) is 0 Å². The number of rotatable bonds is 7. The summed E-state index contributed by atoms with van der Waals surface area (Å²) in [5, 5.41) is 0. The lowest BCUT2D eigenvalue weighted by Gasteiger charge is -2.10. The number of carbonyl (C=O) groups is 1. The van der Waals surface area contributed by atoms with Gasteiger partial charge < -0.3 is 4.74 Å². The second-order valence-corrected chi connectivity index (χ2v) is 6.85. The molecule has 0 saturated carbocycles. The van der Waals surface area contributed by atoms with Crippen molar-refractivity contribution in [1.82, 2.24) is 0 Å². The molecule has 174 valence electrons. The van der Waals surface area contributed by atoms with Crippen LogP contribution >= 0.6 is 0 Å². The number of hydrogen-bond donors (Lipinski definition) is 0. The third kappa shape index (κ3) is 10.9. The van der Waals surface area contributed by atoms with Crippen LogP contribution in [-0.2, 0) is 17.6 Å². The number of ketones is 1. The minimum atomic E-state index is 0.203. The molecule has 0 fully saturated rings. The van der Waals surface area contributed by atoms with Gasteiger partial charge in [-0.1, -0.05) is 110 Å². The topological polar surface area (TPSA) is 26.3 Å². The predicted octanol–water partition coefficient (Wildman–Crippen LogP) is 9.04.